The molecule has 0 unspecified atom stereocenters. The summed E-state index contributed by atoms with van der Waals surface area (Å²) in [6.45, 7) is 7.02. The molecule has 0 bridgehead atoms. The van der Waals surface area contributed by atoms with E-state index in [1.165, 1.54) is 6.39 Å². The third-order valence-electron chi connectivity index (χ3n) is 1.99. The van der Waals surface area contributed by atoms with E-state index in [1.807, 2.05) is 13.8 Å². The molecule has 0 spiro atoms. The van der Waals surface area contributed by atoms with E-state index in [0.29, 0.717) is 24.5 Å². The second-order valence-corrected chi connectivity index (χ2v) is 2.74. The maximum Gasteiger partial charge on any atom is 0.291 e. The van der Waals surface area contributed by atoms with Gasteiger partial charge in [-0.25, -0.2) is 4.98 Å². The van der Waals surface area contributed by atoms with Crippen molar-refractivity contribution in [1.29, 1.82) is 0 Å². The van der Waals surface area contributed by atoms with Crippen LogP contribution in [0.5, 0.6) is 0 Å². The first-order valence-corrected chi connectivity index (χ1v) is 4.40. The fraction of sp³-hybridized carbons (Fsp3) is 0.556. The predicted molar refractivity (Wildman–Crippen MR) is 48.5 cm³/mol. The average molecular weight is 182 g/mol. The monoisotopic (exact) mass is 182 g/mol. The first kappa shape index (κ1) is 9.77. The van der Waals surface area contributed by atoms with Crippen LogP contribution >= 0.6 is 0 Å². The molecule has 0 aliphatic heterocycles. The van der Waals surface area contributed by atoms with E-state index in [9.17, 15) is 4.79 Å². The minimum Gasteiger partial charge on any atom is -0.438 e. The van der Waals surface area contributed by atoms with Gasteiger partial charge in [-0.3, -0.25) is 4.79 Å². The van der Waals surface area contributed by atoms with Crippen molar-refractivity contribution in [2.24, 2.45) is 0 Å². The molecule has 1 aromatic heterocycles. The molecular weight excluding hydrogens is 168 g/mol. The van der Waals surface area contributed by atoms with Gasteiger partial charge < -0.3 is 9.32 Å². The Balaban J connectivity index is 2.84. The number of aryl methyl sites for hydroxylation is 1. The van der Waals surface area contributed by atoms with Crippen LogP contribution in [0.25, 0.3) is 0 Å². The molecule has 4 heteroatoms. The number of nitrogens with zero attached hydrogens (tertiary/aromatic N) is 2. The van der Waals surface area contributed by atoms with Crippen molar-refractivity contribution in [3.63, 3.8) is 0 Å². The summed E-state index contributed by atoms with van der Waals surface area (Å²) < 4.78 is 5.01. The third-order valence-corrected chi connectivity index (χ3v) is 1.99. The molecule has 1 heterocycles. The normalized spacial score (nSPS) is 10.1. The molecule has 0 aliphatic carbocycles. The molecule has 0 saturated heterocycles. The average Bonchev–Trinajstić information content (AvgIpc) is 2.53. The van der Waals surface area contributed by atoms with Crippen molar-refractivity contribution in [2.45, 2.75) is 20.8 Å². The number of carbonyl (C=O) groups is 1. The summed E-state index contributed by atoms with van der Waals surface area (Å²) in [7, 11) is 0. The van der Waals surface area contributed by atoms with Gasteiger partial charge in [0.25, 0.3) is 5.91 Å². The van der Waals surface area contributed by atoms with Gasteiger partial charge in [0.2, 0.25) is 5.76 Å². The summed E-state index contributed by atoms with van der Waals surface area (Å²) in [4.78, 5) is 17.3. The van der Waals surface area contributed by atoms with Crippen molar-refractivity contribution in [3.8, 4) is 0 Å². The molecule has 0 aliphatic rings. The number of amides is 1. The van der Waals surface area contributed by atoms with Crippen LogP contribution in [0.1, 0.15) is 30.1 Å². The summed E-state index contributed by atoms with van der Waals surface area (Å²) in [5, 5.41) is 0. The van der Waals surface area contributed by atoms with E-state index >= 15 is 0 Å². The number of aromatic nitrogens is 1. The van der Waals surface area contributed by atoms with Crippen LogP contribution in [0.15, 0.2) is 10.8 Å². The summed E-state index contributed by atoms with van der Waals surface area (Å²) in [5.74, 6) is 0.267. The van der Waals surface area contributed by atoms with Crippen molar-refractivity contribution in [3.05, 3.63) is 17.8 Å². The van der Waals surface area contributed by atoms with Crippen LogP contribution in [0.3, 0.4) is 0 Å². The minimum atomic E-state index is -0.0833. The van der Waals surface area contributed by atoms with Crippen molar-refractivity contribution >= 4 is 5.91 Å². The lowest BCUT2D eigenvalue weighted by Crippen LogP contribution is -2.30. The Morgan fingerprint density at radius 3 is 2.54 bits per heavy atom. The number of oxazole rings is 1. The highest BCUT2D eigenvalue weighted by atomic mass is 16.3. The zero-order chi connectivity index (χ0) is 9.84. The Labute approximate surface area is 77.6 Å². The molecular formula is C9H14N2O2. The van der Waals surface area contributed by atoms with Gasteiger partial charge in [0.05, 0.1) is 5.69 Å². The van der Waals surface area contributed by atoms with E-state index in [0.717, 1.165) is 0 Å². The van der Waals surface area contributed by atoms with E-state index in [-0.39, 0.29) is 5.91 Å². The zero-order valence-electron chi connectivity index (χ0n) is 8.20. The highest BCUT2D eigenvalue weighted by Gasteiger charge is 2.18. The first-order valence-electron chi connectivity index (χ1n) is 4.40. The van der Waals surface area contributed by atoms with Gasteiger partial charge in [0, 0.05) is 13.1 Å². The van der Waals surface area contributed by atoms with Crippen LogP contribution in [-0.2, 0) is 0 Å². The van der Waals surface area contributed by atoms with Crippen molar-refractivity contribution in [1.82, 2.24) is 9.88 Å². The smallest absolute Gasteiger partial charge is 0.291 e. The molecule has 0 fully saturated rings. The highest BCUT2D eigenvalue weighted by Crippen LogP contribution is 2.08. The van der Waals surface area contributed by atoms with Gasteiger partial charge in [0.1, 0.15) is 0 Å². The lowest BCUT2D eigenvalue weighted by atomic mass is 10.3. The van der Waals surface area contributed by atoms with Gasteiger partial charge in [-0.1, -0.05) is 0 Å². The quantitative estimate of drug-likeness (QED) is 0.711. The molecule has 72 valence electrons. The fourth-order valence-corrected chi connectivity index (χ4v) is 1.16. The largest absolute Gasteiger partial charge is 0.438 e. The third kappa shape index (κ3) is 1.88. The second kappa shape index (κ2) is 4.07. The number of rotatable bonds is 3. The van der Waals surface area contributed by atoms with Crippen LogP contribution in [-0.4, -0.2) is 28.9 Å². The van der Waals surface area contributed by atoms with E-state index in [1.54, 1.807) is 11.8 Å². The lowest BCUT2D eigenvalue weighted by molar-refractivity contribution is 0.0740. The highest BCUT2D eigenvalue weighted by molar-refractivity contribution is 5.92. The maximum absolute atomic E-state index is 11.7. The maximum atomic E-state index is 11.7. The Morgan fingerprint density at radius 1 is 1.54 bits per heavy atom. The number of hydrogen-bond donors (Lipinski definition) is 0. The van der Waals surface area contributed by atoms with Crippen molar-refractivity contribution < 1.29 is 9.21 Å². The molecule has 0 N–H and O–H groups in total. The number of hydrogen-bond acceptors (Lipinski definition) is 3. The van der Waals surface area contributed by atoms with E-state index in [4.69, 9.17) is 4.42 Å². The first-order chi connectivity index (χ1) is 6.20. The Bertz CT molecular complexity index is 290. The fourth-order valence-electron chi connectivity index (χ4n) is 1.16. The van der Waals surface area contributed by atoms with Crippen LogP contribution < -0.4 is 0 Å². The van der Waals surface area contributed by atoms with E-state index in [2.05, 4.69) is 4.98 Å². The molecule has 13 heavy (non-hydrogen) atoms. The van der Waals surface area contributed by atoms with E-state index < -0.39 is 0 Å². The molecule has 1 rings (SSSR count). The predicted octanol–water partition coefficient (Wildman–Crippen LogP) is 1.47. The topological polar surface area (TPSA) is 46.3 Å². The number of carbonyl (C=O) groups excluding carboxylic acids is 1. The summed E-state index contributed by atoms with van der Waals surface area (Å²) >= 11 is 0. The standard InChI is InChI=1S/C9H14N2O2/c1-4-11(5-2)9(12)8-7(3)10-6-13-8/h6H,4-5H2,1-3H3. The van der Waals surface area contributed by atoms with Gasteiger partial charge in [-0.2, -0.15) is 0 Å². The Hall–Kier alpha value is -1.32. The van der Waals surface area contributed by atoms with Gasteiger partial charge >= 0.3 is 0 Å². The Morgan fingerprint density at radius 2 is 2.15 bits per heavy atom. The molecule has 4 nitrogen and oxygen atoms in total. The summed E-state index contributed by atoms with van der Waals surface area (Å²) in [5.41, 5.74) is 0.650. The molecule has 0 atom stereocenters. The van der Waals surface area contributed by atoms with Crippen LogP contribution in [0.4, 0.5) is 0 Å². The molecule has 0 saturated carbocycles. The van der Waals surface area contributed by atoms with Crippen LogP contribution in [0, 0.1) is 6.92 Å². The SMILES string of the molecule is CCN(CC)C(=O)c1ocnc1C. The molecule has 1 aromatic rings. The molecule has 0 radical (unpaired) electrons. The van der Waals surface area contributed by atoms with Gasteiger partial charge in [-0.05, 0) is 20.8 Å². The van der Waals surface area contributed by atoms with Gasteiger partial charge in [0.15, 0.2) is 6.39 Å². The lowest BCUT2D eigenvalue weighted by Gasteiger charge is -2.16. The summed E-state index contributed by atoms with van der Waals surface area (Å²) in [6, 6.07) is 0. The van der Waals surface area contributed by atoms with Gasteiger partial charge in [-0.15, -0.1) is 0 Å². The molecule has 0 aromatic carbocycles. The van der Waals surface area contributed by atoms with Crippen molar-refractivity contribution in [2.75, 3.05) is 13.1 Å². The Kier molecular flexibility index (Phi) is 3.06. The molecule has 1 amide bonds. The minimum absolute atomic E-state index is 0.0833. The second-order valence-electron chi connectivity index (χ2n) is 2.74. The van der Waals surface area contributed by atoms with Crippen LogP contribution in [0.2, 0.25) is 0 Å². The summed E-state index contributed by atoms with van der Waals surface area (Å²) in [6.07, 6.45) is 1.30. The zero-order valence-corrected chi connectivity index (χ0v) is 8.20.